The smallest absolute Gasteiger partial charge is 0.341 e. The maximum Gasteiger partial charge on any atom is 0.341 e. The van der Waals surface area contributed by atoms with Crippen LogP contribution in [-0.2, 0) is 14.3 Å². The summed E-state index contributed by atoms with van der Waals surface area (Å²) >= 11 is 0. The van der Waals surface area contributed by atoms with Crippen molar-refractivity contribution in [1.82, 2.24) is 0 Å². The summed E-state index contributed by atoms with van der Waals surface area (Å²) in [5.74, 6) is -0.375. The number of carbonyl (C=O) groups is 1. The van der Waals surface area contributed by atoms with E-state index >= 15 is 0 Å². The Hall–Kier alpha value is -2.29. The predicted octanol–water partition coefficient (Wildman–Crippen LogP) is 3.39. The fourth-order valence-corrected chi connectivity index (χ4v) is 1.92. The highest BCUT2D eigenvalue weighted by atomic mass is 16.5. The Bertz CT molecular complexity index is 614. The fourth-order valence-electron chi connectivity index (χ4n) is 1.92. The summed E-state index contributed by atoms with van der Waals surface area (Å²) < 4.78 is 10.0. The quantitative estimate of drug-likeness (QED) is 0.478. The van der Waals surface area contributed by atoms with E-state index in [9.17, 15) is 4.79 Å². The molecule has 3 nitrogen and oxygen atoms in total. The lowest BCUT2D eigenvalue weighted by molar-refractivity contribution is -0.136. The van der Waals surface area contributed by atoms with E-state index in [1.54, 1.807) is 6.92 Å². The lowest BCUT2D eigenvalue weighted by Gasteiger charge is -2.08. The molecule has 0 N–H and O–H groups in total. The minimum atomic E-state index is -0.375. The molecule has 0 unspecified atom stereocenters. The highest BCUT2D eigenvalue weighted by Crippen LogP contribution is 2.22. The highest BCUT2D eigenvalue weighted by Gasteiger charge is 2.14. The van der Waals surface area contributed by atoms with E-state index in [4.69, 9.17) is 9.47 Å². The van der Waals surface area contributed by atoms with Gasteiger partial charge in [0.15, 0.2) is 0 Å². The summed E-state index contributed by atoms with van der Waals surface area (Å²) in [7, 11) is 1.51. The Morgan fingerprint density at radius 1 is 1.16 bits per heavy atom. The van der Waals surface area contributed by atoms with Crippen molar-refractivity contribution in [2.45, 2.75) is 6.92 Å². The third kappa shape index (κ3) is 2.94. The van der Waals surface area contributed by atoms with E-state index < -0.39 is 0 Å². The third-order valence-electron chi connectivity index (χ3n) is 2.79. The van der Waals surface area contributed by atoms with Gasteiger partial charge in [0.25, 0.3) is 0 Å². The average Bonchev–Trinajstić information content (AvgIpc) is 2.44. The summed E-state index contributed by atoms with van der Waals surface area (Å²) in [5, 5.41) is 2.21. The summed E-state index contributed by atoms with van der Waals surface area (Å²) in [4.78, 5) is 11.9. The van der Waals surface area contributed by atoms with Crippen LogP contribution in [0.1, 0.15) is 12.5 Å². The van der Waals surface area contributed by atoms with Crippen LogP contribution in [0.2, 0.25) is 0 Å². The predicted molar refractivity (Wildman–Crippen MR) is 75.6 cm³/mol. The highest BCUT2D eigenvalue weighted by molar-refractivity contribution is 6.16. The standard InChI is InChI=1S/C16H16O3/c1-3-19-16(17)15(11-18-2)14-9-8-12-6-4-5-7-13(12)10-14/h4-11H,3H2,1-2H3/b15-11-. The van der Waals surface area contributed by atoms with Gasteiger partial charge in [-0.05, 0) is 29.3 Å². The number of carbonyl (C=O) groups excluding carboxylic acids is 1. The molecule has 0 aliphatic rings. The van der Waals surface area contributed by atoms with Crippen molar-refractivity contribution in [2.75, 3.05) is 13.7 Å². The first-order valence-electron chi connectivity index (χ1n) is 6.15. The van der Waals surface area contributed by atoms with E-state index in [1.807, 2.05) is 42.5 Å². The number of esters is 1. The van der Waals surface area contributed by atoms with Crippen LogP contribution in [0.5, 0.6) is 0 Å². The molecule has 2 rings (SSSR count). The van der Waals surface area contributed by atoms with Crippen molar-refractivity contribution < 1.29 is 14.3 Å². The zero-order valence-corrected chi connectivity index (χ0v) is 11.1. The van der Waals surface area contributed by atoms with E-state index in [1.165, 1.54) is 13.4 Å². The summed E-state index contributed by atoms with van der Waals surface area (Å²) in [6, 6.07) is 13.8. The van der Waals surface area contributed by atoms with E-state index in [0.29, 0.717) is 12.2 Å². The van der Waals surface area contributed by atoms with Gasteiger partial charge in [-0.1, -0.05) is 36.4 Å². The normalized spacial score (nSPS) is 11.4. The molecular weight excluding hydrogens is 240 g/mol. The maximum absolute atomic E-state index is 11.9. The van der Waals surface area contributed by atoms with Gasteiger partial charge in [-0.2, -0.15) is 0 Å². The molecular formula is C16H16O3. The largest absolute Gasteiger partial charge is 0.503 e. The van der Waals surface area contributed by atoms with Crippen molar-refractivity contribution in [3.05, 3.63) is 54.3 Å². The van der Waals surface area contributed by atoms with Crippen LogP contribution in [0.15, 0.2) is 48.7 Å². The lowest BCUT2D eigenvalue weighted by Crippen LogP contribution is -2.07. The second-order valence-electron chi connectivity index (χ2n) is 4.05. The second kappa shape index (κ2) is 6.05. The van der Waals surface area contributed by atoms with Gasteiger partial charge in [-0.15, -0.1) is 0 Å². The Balaban J connectivity index is 2.45. The Labute approximate surface area is 112 Å². The van der Waals surface area contributed by atoms with Crippen LogP contribution in [0.25, 0.3) is 16.3 Å². The number of benzene rings is 2. The molecule has 98 valence electrons. The fraction of sp³-hybridized carbons (Fsp3) is 0.188. The first-order valence-corrected chi connectivity index (χ1v) is 6.15. The summed E-state index contributed by atoms with van der Waals surface area (Å²) in [6.45, 7) is 2.12. The van der Waals surface area contributed by atoms with Gasteiger partial charge in [-0.25, -0.2) is 4.79 Å². The summed E-state index contributed by atoms with van der Waals surface area (Å²) in [5.41, 5.74) is 1.22. The minimum absolute atomic E-state index is 0.341. The molecule has 0 atom stereocenters. The average molecular weight is 256 g/mol. The lowest BCUT2D eigenvalue weighted by atomic mass is 10.0. The van der Waals surface area contributed by atoms with E-state index in [0.717, 1.165) is 16.3 Å². The number of methoxy groups -OCH3 is 1. The Morgan fingerprint density at radius 2 is 1.89 bits per heavy atom. The van der Waals surface area contributed by atoms with E-state index in [2.05, 4.69) is 0 Å². The van der Waals surface area contributed by atoms with Gasteiger partial charge in [-0.3, -0.25) is 0 Å². The van der Waals surface area contributed by atoms with Crippen molar-refractivity contribution >= 4 is 22.3 Å². The van der Waals surface area contributed by atoms with Gasteiger partial charge in [0.05, 0.1) is 20.0 Å². The topological polar surface area (TPSA) is 35.5 Å². The SMILES string of the molecule is CCOC(=O)/C(=C\OC)c1ccc2ccccc2c1. The molecule has 2 aromatic rings. The van der Waals surface area contributed by atoms with Crippen LogP contribution in [0, 0.1) is 0 Å². The molecule has 0 saturated carbocycles. The summed E-state index contributed by atoms with van der Waals surface area (Å²) in [6.07, 6.45) is 1.42. The number of ether oxygens (including phenoxy) is 2. The molecule has 0 bridgehead atoms. The van der Waals surface area contributed by atoms with Gasteiger partial charge in [0.2, 0.25) is 0 Å². The molecule has 0 aliphatic carbocycles. The van der Waals surface area contributed by atoms with Gasteiger partial charge in [0, 0.05) is 0 Å². The first kappa shape index (κ1) is 13.1. The zero-order chi connectivity index (χ0) is 13.7. The molecule has 0 fully saturated rings. The molecule has 0 spiro atoms. The number of fused-ring (bicyclic) bond motifs is 1. The second-order valence-corrected chi connectivity index (χ2v) is 4.05. The monoisotopic (exact) mass is 256 g/mol. The number of hydrogen-bond acceptors (Lipinski definition) is 3. The van der Waals surface area contributed by atoms with Crippen LogP contribution >= 0.6 is 0 Å². The molecule has 0 aromatic heterocycles. The molecule has 3 heteroatoms. The van der Waals surface area contributed by atoms with Gasteiger partial charge in [0.1, 0.15) is 5.57 Å². The third-order valence-corrected chi connectivity index (χ3v) is 2.79. The molecule has 19 heavy (non-hydrogen) atoms. The molecule has 0 aliphatic heterocycles. The van der Waals surface area contributed by atoms with Crippen molar-refractivity contribution in [3.63, 3.8) is 0 Å². The molecule has 0 amide bonds. The number of hydrogen-bond donors (Lipinski definition) is 0. The van der Waals surface area contributed by atoms with Crippen molar-refractivity contribution in [2.24, 2.45) is 0 Å². The minimum Gasteiger partial charge on any atom is -0.503 e. The molecule has 0 saturated heterocycles. The van der Waals surface area contributed by atoms with Crippen LogP contribution < -0.4 is 0 Å². The zero-order valence-electron chi connectivity index (χ0n) is 11.1. The van der Waals surface area contributed by atoms with Crippen molar-refractivity contribution in [3.8, 4) is 0 Å². The van der Waals surface area contributed by atoms with Gasteiger partial charge >= 0.3 is 5.97 Å². The number of rotatable bonds is 4. The molecule has 0 radical (unpaired) electrons. The Kier molecular flexibility index (Phi) is 4.18. The van der Waals surface area contributed by atoms with Crippen LogP contribution in [0.3, 0.4) is 0 Å². The Morgan fingerprint density at radius 3 is 2.58 bits per heavy atom. The van der Waals surface area contributed by atoms with Crippen LogP contribution in [0.4, 0.5) is 0 Å². The first-order chi connectivity index (χ1) is 9.26. The van der Waals surface area contributed by atoms with Crippen molar-refractivity contribution in [1.29, 1.82) is 0 Å². The van der Waals surface area contributed by atoms with Crippen LogP contribution in [-0.4, -0.2) is 19.7 Å². The molecule has 0 heterocycles. The van der Waals surface area contributed by atoms with Gasteiger partial charge < -0.3 is 9.47 Å². The molecule has 2 aromatic carbocycles. The maximum atomic E-state index is 11.9. The van der Waals surface area contributed by atoms with E-state index in [-0.39, 0.29) is 5.97 Å².